The van der Waals surface area contributed by atoms with E-state index >= 15 is 0 Å². The fraction of sp³-hybridized carbons (Fsp3) is 0.500. The summed E-state index contributed by atoms with van der Waals surface area (Å²) in [5.41, 5.74) is -0.459. The van der Waals surface area contributed by atoms with E-state index in [9.17, 15) is 19.5 Å². The second-order valence-corrected chi connectivity index (χ2v) is 9.39. The summed E-state index contributed by atoms with van der Waals surface area (Å²) in [5.74, 6) is -0.427. The number of pyridine rings is 1. The number of carboxylic acid groups (broad SMARTS) is 1. The summed E-state index contributed by atoms with van der Waals surface area (Å²) in [6, 6.07) is 5.58. The maximum Gasteiger partial charge on any atom is 0.407 e. The fourth-order valence-corrected chi connectivity index (χ4v) is 3.98. The van der Waals surface area contributed by atoms with Crippen LogP contribution in [0.15, 0.2) is 34.1 Å². The summed E-state index contributed by atoms with van der Waals surface area (Å²) in [5, 5.41) is 12.5. The molecule has 0 unspecified atom stereocenters. The molecular weight excluding hydrogens is 418 g/mol. The first-order chi connectivity index (χ1) is 14.5. The Bertz CT molecular complexity index is 997. The lowest BCUT2D eigenvalue weighted by Gasteiger charge is -2.21. The number of likely N-dealkylation sites (N-methyl/N-ethyl adjacent to an activating group) is 1. The Labute approximate surface area is 186 Å². The van der Waals surface area contributed by atoms with Gasteiger partial charge in [0.2, 0.25) is 5.43 Å². The van der Waals surface area contributed by atoms with Crippen molar-refractivity contribution in [1.82, 2.24) is 14.8 Å². The molecule has 2 rings (SSSR count). The van der Waals surface area contributed by atoms with Gasteiger partial charge >= 0.3 is 12.1 Å². The molecule has 1 aromatic heterocycles. The van der Waals surface area contributed by atoms with Gasteiger partial charge in [0, 0.05) is 48.4 Å². The van der Waals surface area contributed by atoms with Gasteiger partial charge in [-0.1, -0.05) is 0 Å². The first-order valence-corrected chi connectivity index (χ1v) is 11.2. The molecular formula is C22H31N3O5S. The van der Waals surface area contributed by atoms with Gasteiger partial charge in [-0.05, 0) is 52.9 Å². The fourth-order valence-electron chi connectivity index (χ4n) is 2.97. The molecule has 2 aromatic rings. The highest BCUT2D eigenvalue weighted by Crippen LogP contribution is 2.22. The van der Waals surface area contributed by atoms with Crippen molar-refractivity contribution in [3.8, 4) is 0 Å². The summed E-state index contributed by atoms with van der Waals surface area (Å²) in [7, 11) is 1.97. The highest BCUT2D eigenvalue weighted by molar-refractivity contribution is 7.99. The molecule has 0 fully saturated rings. The highest BCUT2D eigenvalue weighted by atomic mass is 32.2. The van der Waals surface area contributed by atoms with Crippen LogP contribution in [0.1, 0.15) is 38.1 Å². The first kappa shape index (κ1) is 24.7. The van der Waals surface area contributed by atoms with Gasteiger partial charge in [0.1, 0.15) is 11.2 Å². The van der Waals surface area contributed by atoms with E-state index in [1.54, 1.807) is 22.4 Å². The molecule has 8 nitrogen and oxygen atoms in total. The zero-order chi connectivity index (χ0) is 23.2. The second kappa shape index (κ2) is 10.7. The number of carbonyl (C=O) groups excluding carboxylic acids is 1. The maximum atomic E-state index is 12.6. The molecule has 0 radical (unpaired) electrons. The van der Waals surface area contributed by atoms with E-state index < -0.39 is 23.1 Å². The standard InChI is InChI=1S/C22H31N3O5S/c1-6-25-14-17(20(27)28)19(26)16-13-15(7-8-18(16)25)31-12-11-24(5)10-9-23-21(29)30-22(2,3)4/h7-8,13-14H,6,9-12H2,1-5H3,(H,23,29)(H,27,28). The van der Waals surface area contributed by atoms with Crippen molar-refractivity contribution in [1.29, 1.82) is 0 Å². The molecule has 0 atom stereocenters. The number of rotatable bonds is 9. The van der Waals surface area contributed by atoms with Crippen LogP contribution < -0.4 is 10.7 Å². The van der Waals surface area contributed by atoms with Crippen LogP contribution in [0.2, 0.25) is 0 Å². The third-order valence-electron chi connectivity index (χ3n) is 4.53. The normalized spacial score (nSPS) is 11.7. The van der Waals surface area contributed by atoms with E-state index in [4.69, 9.17) is 4.74 Å². The molecule has 170 valence electrons. The lowest BCUT2D eigenvalue weighted by atomic mass is 10.1. The summed E-state index contributed by atoms with van der Waals surface area (Å²) in [6.07, 6.45) is 0.977. The number of ether oxygens (including phenoxy) is 1. The van der Waals surface area contributed by atoms with Crippen molar-refractivity contribution >= 4 is 34.7 Å². The minimum absolute atomic E-state index is 0.214. The number of benzene rings is 1. The van der Waals surface area contributed by atoms with Gasteiger partial charge in [-0.25, -0.2) is 9.59 Å². The molecule has 0 saturated carbocycles. The number of alkyl carbamates (subject to hydrolysis) is 1. The summed E-state index contributed by atoms with van der Waals surface area (Å²) in [6.45, 7) is 9.90. The SMILES string of the molecule is CCn1cc(C(=O)O)c(=O)c2cc(SCCN(C)CCNC(=O)OC(C)(C)C)ccc21. The largest absolute Gasteiger partial charge is 0.477 e. The van der Waals surface area contributed by atoms with Crippen LogP contribution in [-0.4, -0.2) is 64.7 Å². The number of amides is 1. The Balaban J connectivity index is 1.93. The van der Waals surface area contributed by atoms with Crippen LogP contribution >= 0.6 is 11.8 Å². The number of aromatic nitrogens is 1. The lowest BCUT2D eigenvalue weighted by Crippen LogP contribution is -2.37. The highest BCUT2D eigenvalue weighted by Gasteiger charge is 2.16. The number of thioether (sulfide) groups is 1. The van der Waals surface area contributed by atoms with E-state index in [1.165, 1.54) is 6.20 Å². The van der Waals surface area contributed by atoms with Crippen molar-refractivity contribution in [2.24, 2.45) is 0 Å². The monoisotopic (exact) mass is 449 g/mol. The average Bonchev–Trinajstić information content (AvgIpc) is 2.67. The number of aromatic carboxylic acids is 1. The number of carbonyl (C=O) groups is 2. The van der Waals surface area contributed by atoms with Gasteiger partial charge in [0.15, 0.2) is 0 Å². The quantitative estimate of drug-likeness (QED) is 0.567. The molecule has 9 heteroatoms. The molecule has 0 spiro atoms. The Morgan fingerprint density at radius 1 is 1.26 bits per heavy atom. The van der Waals surface area contributed by atoms with Crippen LogP contribution in [0.4, 0.5) is 4.79 Å². The maximum absolute atomic E-state index is 12.6. The van der Waals surface area contributed by atoms with Crippen LogP contribution in [0.25, 0.3) is 10.9 Å². The van der Waals surface area contributed by atoms with Gasteiger partial charge in [0.05, 0.1) is 5.52 Å². The summed E-state index contributed by atoms with van der Waals surface area (Å²) in [4.78, 5) is 38.7. The second-order valence-electron chi connectivity index (χ2n) is 8.22. The van der Waals surface area contributed by atoms with Gasteiger partial charge in [-0.2, -0.15) is 0 Å². The number of hydrogen-bond donors (Lipinski definition) is 2. The van der Waals surface area contributed by atoms with Crippen molar-refractivity contribution in [2.75, 3.05) is 32.4 Å². The van der Waals surface area contributed by atoms with Crippen LogP contribution in [0.3, 0.4) is 0 Å². The number of nitrogens with zero attached hydrogens (tertiary/aromatic N) is 2. The molecule has 2 N–H and O–H groups in total. The van der Waals surface area contributed by atoms with Gasteiger partial charge in [-0.3, -0.25) is 4.79 Å². The smallest absolute Gasteiger partial charge is 0.407 e. The topological polar surface area (TPSA) is 101 Å². The third-order valence-corrected chi connectivity index (χ3v) is 5.50. The Hall–Kier alpha value is -2.52. The van der Waals surface area contributed by atoms with Crippen molar-refractivity contribution in [2.45, 2.75) is 44.7 Å². The van der Waals surface area contributed by atoms with E-state index in [2.05, 4.69) is 10.2 Å². The molecule has 31 heavy (non-hydrogen) atoms. The lowest BCUT2D eigenvalue weighted by molar-refractivity contribution is 0.0523. The van der Waals surface area contributed by atoms with Crippen LogP contribution in [0, 0.1) is 0 Å². The van der Waals surface area contributed by atoms with E-state index in [0.29, 0.717) is 25.0 Å². The van der Waals surface area contributed by atoms with Gasteiger partial charge in [0.25, 0.3) is 0 Å². The first-order valence-electron chi connectivity index (χ1n) is 10.2. The van der Waals surface area contributed by atoms with Crippen LogP contribution in [0.5, 0.6) is 0 Å². The molecule has 1 aromatic carbocycles. The van der Waals surface area contributed by atoms with Crippen molar-refractivity contribution < 1.29 is 19.4 Å². The predicted molar refractivity (Wildman–Crippen MR) is 123 cm³/mol. The number of hydrogen-bond acceptors (Lipinski definition) is 6. The number of fused-ring (bicyclic) bond motifs is 1. The third kappa shape index (κ3) is 7.29. The molecule has 0 bridgehead atoms. The number of carboxylic acids is 1. The average molecular weight is 450 g/mol. The number of nitrogens with one attached hydrogen (secondary N) is 1. The molecule has 1 heterocycles. The van der Waals surface area contributed by atoms with Gasteiger partial charge in [-0.15, -0.1) is 11.8 Å². The summed E-state index contributed by atoms with van der Waals surface area (Å²) < 4.78 is 6.98. The zero-order valence-electron chi connectivity index (χ0n) is 18.7. The van der Waals surface area contributed by atoms with E-state index in [0.717, 1.165) is 22.7 Å². The minimum atomic E-state index is -1.21. The summed E-state index contributed by atoms with van der Waals surface area (Å²) >= 11 is 1.60. The Morgan fingerprint density at radius 2 is 1.97 bits per heavy atom. The molecule has 1 amide bonds. The predicted octanol–water partition coefficient (Wildman–Crippen LogP) is 3.27. The van der Waals surface area contributed by atoms with Crippen molar-refractivity contribution in [3.63, 3.8) is 0 Å². The van der Waals surface area contributed by atoms with E-state index in [1.807, 2.05) is 46.9 Å². The van der Waals surface area contributed by atoms with Gasteiger partial charge < -0.3 is 24.6 Å². The molecule has 0 aliphatic carbocycles. The molecule has 0 aliphatic heterocycles. The molecule has 0 saturated heterocycles. The minimum Gasteiger partial charge on any atom is -0.477 e. The molecule has 0 aliphatic rings. The van der Waals surface area contributed by atoms with Crippen molar-refractivity contribution in [3.05, 3.63) is 40.2 Å². The number of aryl methyl sites for hydroxylation is 1. The zero-order valence-corrected chi connectivity index (χ0v) is 19.5. The van der Waals surface area contributed by atoms with Crippen LogP contribution in [-0.2, 0) is 11.3 Å². The Kier molecular flexibility index (Phi) is 8.52. The van der Waals surface area contributed by atoms with E-state index in [-0.39, 0.29) is 5.56 Å². The Morgan fingerprint density at radius 3 is 2.58 bits per heavy atom.